The smallest absolute Gasteiger partial charge is 0.191 e. The summed E-state index contributed by atoms with van der Waals surface area (Å²) < 4.78 is 12.2. The summed E-state index contributed by atoms with van der Waals surface area (Å²) in [5.74, 6) is 2.22. The van der Waals surface area contributed by atoms with Gasteiger partial charge in [-0.1, -0.05) is 37.6 Å². The molecule has 2 N–H and O–H groups in total. The van der Waals surface area contributed by atoms with Crippen LogP contribution in [0.3, 0.4) is 0 Å². The molecule has 4 nitrogen and oxygen atoms in total. The van der Waals surface area contributed by atoms with Crippen molar-refractivity contribution in [3.05, 3.63) is 35.4 Å². The van der Waals surface area contributed by atoms with E-state index in [-0.39, 0.29) is 24.0 Å². The molecule has 0 aliphatic heterocycles. The van der Waals surface area contributed by atoms with E-state index in [1.54, 1.807) is 0 Å². The van der Waals surface area contributed by atoms with Crippen LogP contribution in [0, 0.1) is 0 Å². The molecule has 0 aromatic heterocycles. The van der Waals surface area contributed by atoms with Crippen LogP contribution in [0.2, 0.25) is 0 Å². The van der Waals surface area contributed by atoms with E-state index < -0.39 is 10.8 Å². The largest absolute Gasteiger partial charge is 0.356 e. The predicted molar refractivity (Wildman–Crippen MR) is 127 cm³/mol. The summed E-state index contributed by atoms with van der Waals surface area (Å²) in [6.07, 6.45) is 8.10. The maximum absolute atomic E-state index is 12.2. The third kappa shape index (κ3) is 6.17. The Morgan fingerprint density at radius 3 is 2.81 bits per heavy atom. The summed E-state index contributed by atoms with van der Waals surface area (Å²) in [7, 11) is 1.16. The standard InChI is InChI=1S/C21H33N3OS.HI/c1-3-26(25)19-12-7-11-18(14-19)24-21(22-2)23-15-17-10-6-9-16-8-4-5-13-20(16)17;/h4-5,8,13,17-19H,3,6-7,9-12,14-15H2,1-2H3,(H2,22,23,24);1H. The minimum atomic E-state index is -0.684. The molecule has 6 heteroatoms. The van der Waals surface area contributed by atoms with Crippen LogP contribution in [-0.4, -0.2) is 40.8 Å². The van der Waals surface area contributed by atoms with Crippen molar-refractivity contribution in [2.75, 3.05) is 19.3 Å². The molecule has 1 saturated carbocycles. The first-order valence-electron chi connectivity index (χ1n) is 10.1. The fourth-order valence-electron chi connectivity index (χ4n) is 4.42. The van der Waals surface area contributed by atoms with Gasteiger partial charge in [0.1, 0.15) is 0 Å². The van der Waals surface area contributed by atoms with Crippen LogP contribution in [-0.2, 0) is 17.2 Å². The lowest BCUT2D eigenvalue weighted by molar-refractivity contribution is 0.412. The second-order valence-corrected chi connectivity index (χ2v) is 9.55. The van der Waals surface area contributed by atoms with Crippen LogP contribution >= 0.6 is 24.0 Å². The maximum atomic E-state index is 12.2. The Bertz CT molecular complexity index is 652. The summed E-state index contributed by atoms with van der Waals surface area (Å²) in [4.78, 5) is 4.43. The Morgan fingerprint density at radius 1 is 1.22 bits per heavy atom. The number of halogens is 1. The molecule has 0 amide bonds. The van der Waals surface area contributed by atoms with Crippen LogP contribution in [0.25, 0.3) is 0 Å². The fourth-order valence-corrected chi connectivity index (χ4v) is 5.77. The minimum absolute atomic E-state index is 0. The van der Waals surface area contributed by atoms with Crippen molar-refractivity contribution in [3.8, 4) is 0 Å². The van der Waals surface area contributed by atoms with Gasteiger partial charge in [-0.15, -0.1) is 24.0 Å². The molecule has 1 fully saturated rings. The van der Waals surface area contributed by atoms with Crippen LogP contribution in [0.4, 0.5) is 0 Å². The second-order valence-electron chi connectivity index (χ2n) is 7.54. The van der Waals surface area contributed by atoms with E-state index in [9.17, 15) is 4.21 Å². The third-order valence-corrected chi connectivity index (χ3v) is 7.60. The van der Waals surface area contributed by atoms with Gasteiger partial charge < -0.3 is 10.6 Å². The quantitative estimate of drug-likeness (QED) is 0.363. The summed E-state index contributed by atoms with van der Waals surface area (Å²) in [5.41, 5.74) is 3.00. The molecule has 1 aromatic carbocycles. The van der Waals surface area contributed by atoms with Gasteiger partial charge in [0.05, 0.1) is 0 Å². The highest BCUT2D eigenvalue weighted by Gasteiger charge is 2.26. The zero-order valence-corrected chi connectivity index (χ0v) is 19.7. The lowest BCUT2D eigenvalue weighted by atomic mass is 9.83. The van der Waals surface area contributed by atoms with E-state index in [0.29, 0.717) is 17.2 Å². The van der Waals surface area contributed by atoms with Crippen LogP contribution < -0.4 is 10.6 Å². The SMILES string of the molecule is CCS(=O)C1CCCC(NC(=NC)NCC2CCCc3ccccc32)C1.I. The molecular weight excluding hydrogens is 469 g/mol. The van der Waals surface area contributed by atoms with Crippen LogP contribution in [0.1, 0.15) is 62.5 Å². The molecule has 0 heterocycles. The molecule has 27 heavy (non-hydrogen) atoms. The molecule has 0 saturated heterocycles. The lowest BCUT2D eigenvalue weighted by Gasteiger charge is -2.31. The second kappa shape index (κ2) is 11.4. The van der Waals surface area contributed by atoms with Crippen molar-refractivity contribution in [1.82, 2.24) is 10.6 Å². The van der Waals surface area contributed by atoms with Gasteiger partial charge in [-0.3, -0.25) is 9.20 Å². The first kappa shape index (κ1) is 22.7. The van der Waals surface area contributed by atoms with E-state index in [1.807, 2.05) is 14.0 Å². The molecular formula is C21H34IN3OS. The average Bonchev–Trinajstić information content (AvgIpc) is 2.70. The van der Waals surface area contributed by atoms with Gasteiger partial charge >= 0.3 is 0 Å². The number of rotatable bonds is 5. The first-order valence-corrected chi connectivity index (χ1v) is 11.5. The van der Waals surface area contributed by atoms with Crippen molar-refractivity contribution < 1.29 is 4.21 Å². The Balaban J connectivity index is 0.00000261. The van der Waals surface area contributed by atoms with Gasteiger partial charge in [0, 0.05) is 47.4 Å². The third-order valence-electron chi connectivity index (χ3n) is 5.86. The molecule has 1 aromatic rings. The molecule has 152 valence electrons. The number of nitrogens with zero attached hydrogens (tertiary/aromatic N) is 1. The number of nitrogens with one attached hydrogen (secondary N) is 2. The molecule has 3 rings (SSSR count). The molecule has 2 aliphatic rings. The van der Waals surface area contributed by atoms with E-state index in [0.717, 1.165) is 43.9 Å². The monoisotopic (exact) mass is 503 g/mol. The number of aliphatic imine (C=N–C) groups is 1. The number of guanidine groups is 1. The van der Waals surface area contributed by atoms with Gasteiger partial charge in [-0.2, -0.15) is 0 Å². The summed E-state index contributed by atoms with van der Waals surface area (Å²) in [5, 5.41) is 7.47. The summed E-state index contributed by atoms with van der Waals surface area (Å²) in [6, 6.07) is 9.23. The molecule has 0 spiro atoms. The highest BCUT2D eigenvalue weighted by atomic mass is 127. The Hall–Kier alpha value is -0.630. The molecule has 4 atom stereocenters. The lowest BCUT2D eigenvalue weighted by Crippen LogP contribution is -2.47. The number of benzene rings is 1. The number of fused-ring (bicyclic) bond motifs is 1. The number of aryl methyl sites for hydroxylation is 1. The fraction of sp³-hybridized carbons (Fsp3) is 0.667. The van der Waals surface area contributed by atoms with Crippen LogP contribution in [0.15, 0.2) is 29.3 Å². The van der Waals surface area contributed by atoms with Crippen molar-refractivity contribution in [3.63, 3.8) is 0 Å². The van der Waals surface area contributed by atoms with Crippen molar-refractivity contribution in [2.45, 2.75) is 69.1 Å². The zero-order chi connectivity index (χ0) is 18.4. The van der Waals surface area contributed by atoms with E-state index in [4.69, 9.17) is 0 Å². The van der Waals surface area contributed by atoms with Gasteiger partial charge in [-0.25, -0.2) is 0 Å². The highest BCUT2D eigenvalue weighted by molar-refractivity contribution is 14.0. The van der Waals surface area contributed by atoms with Crippen LogP contribution in [0.5, 0.6) is 0 Å². The van der Waals surface area contributed by atoms with E-state index >= 15 is 0 Å². The molecule has 4 unspecified atom stereocenters. The average molecular weight is 503 g/mol. The minimum Gasteiger partial charge on any atom is -0.356 e. The molecule has 2 aliphatic carbocycles. The summed E-state index contributed by atoms with van der Waals surface area (Å²) in [6.45, 7) is 2.95. The molecule has 0 radical (unpaired) electrons. The normalized spacial score (nSPS) is 26.4. The zero-order valence-electron chi connectivity index (χ0n) is 16.6. The van der Waals surface area contributed by atoms with Crippen molar-refractivity contribution in [2.24, 2.45) is 4.99 Å². The highest BCUT2D eigenvalue weighted by Crippen LogP contribution is 2.30. The van der Waals surface area contributed by atoms with E-state index in [1.165, 1.54) is 30.4 Å². The Labute approximate surface area is 183 Å². The van der Waals surface area contributed by atoms with Gasteiger partial charge in [0.15, 0.2) is 5.96 Å². The Morgan fingerprint density at radius 2 is 2.04 bits per heavy atom. The topological polar surface area (TPSA) is 53.5 Å². The van der Waals surface area contributed by atoms with Gasteiger partial charge in [-0.05, 0) is 49.7 Å². The van der Waals surface area contributed by atoms with Crippen molar-refractivity contribution >= 4 is 40.7 Å². The first-order chi connectivity index (χ1) is 12.7. The van der Waals surface area contributed by atoms with E-state index in [2.05, 4.69) is 39.9 Å². The molecule has 0 bridgehead atoms. The van der Waals surface area contributed by atoms with Gasteiger partial charge in [0.2, 0.25) is 0 Å². The maximum Gasteiger partial charge on any atom is 0.191 e. The number of hydrogen-bond donors (Lipinski definition) is 2. The van der Waals surface area contributed by atoms with Gasteiger partial charge in [0.25, 0.3) is 0 Å². The number of hydrogen-bond acceptors (Lipinski definition) is 2. The van der Waals surface area contributed by atoms with Crippen molar-refractivity contribution in [1.29, 1.82) is 0 Å². The Kier molecular flexibility index (Phi) is 9.56. The summed E-state index contributed by atoms with van der Waals surface area (Å²) >= 11 is 0. The predicted octanol–water partition coefficient (Wildman–Crippen LogP) is 3.97.